The lowest BCUT2D eigenvalue weighted by Gasteiger charge is -2.11. The highest BCUT2D eigenvalue weighted by atomic mass is 19.1. The summed E-state index contributed by atoms with van der Waals surface area (Å²) in [6.07, 6.45) is -0.552. The minimum Gasteiger partial charge on any atom is -0.388 e. The maximum atomic E-state index is 13.0. The first-order valence-electron chi connectivity index (χ1n) is 7.24. The summed E-state index contributed by atoms with van der Waals surface area (Å²) in [7, 11) is 0. The second-order valence-electron chi connectivity index (χ2n) is 5.08. The summed E-state index contributed by atoms with van der Waals surface area (Å²) in [5.74, 6) is -3.73. The van der Waals surface area contributed by atoms with Gasteiger partial charge in [0.2, 0.25) is 0 Å². The fourth-order valence-electron chi connectivity index (χ4n) is 2.06. The van der Waals surface area contributed by atoms with Crippen molar-refractivity contribution in [3.05, 3.63) is 65.7 Å². The van der Waals surface area contributed by atoms with E-state index >= 15 is 0 Å². The molecule has 0 spiro atoms. The molecule has 5 nitrogen and oxygen atoms in total. The van der Waals surface area contributed by atoms with Crippen molar-refractivity contribution in [2.24, 2.45) is 0 Å². The highest BCUT2D eigenvalue weighted by Crippen LogP contribution is 2.15. The Morgan fingerprint density at radius 3 is 2.25 bits per heavy atom. The third-order valence-electron chi connectivity index (χ3n) is 3.21. The van der Waals surface area contributed by atoms with Gasteiger partial charge in [-0.3, -0.25) is 9.59 Å². The normalized spacial score (nSPS) is 11.6. The molecule has 2 rings (SSSR count). The molecule has 0 heterocycles. The van der Waals surface area contributed by atoms with Crippen LogP contribution in [0.1, 0.15) is 18.1 Å². The van der Waals surface area contributed by atoms with Gasteiger partial charge in [0, 0.05) is 18.3 Å². The number of halogens is 2. The molecule has 24 heavy (non-hydrogen) atoms. The van der Waals surface area contributed by atoms with E-state index in [4.69, 9.17) is 0 Å². The van der Waals surface area contributed by atoms with Crippen molar-refractivity contribution in [3.8, 4) is 0 Å². The molecule has 0 saturated heterocycles. The summed E-state index contributed by atoms with van der Waals surface area (Å²) in [6, 6.07) is 11.3. The first-order valence-corrected chi connectivity index (χ1v) is 7.24. The second-order valence-corrected chi connectivity index (χ2v) is 5.08. The average molecular weight is 334 g/mol. The summed E-state index contributed by atoms with van der Waals surface area (Å²) in [6.45, 7) is 0.0693. The molecule has 2 aromatic carbocycles. The molecule has 0 aliphatic carbocycles. The minimum atomic E-state index is -1.05. The van der Waals surface area contributed by atoms with Crippen molar-refractivity contribution < 1.29 is 23.5 Å². The number of aliphatic hydroxyl groups is 1. The summed E-state index contributed by atoms with van der Waals surface area (Å²) >= 11 is 0. The van der Waals surface area contributed by atoms with Gasteiger partial charge in [-0.2, -0.15) is 0 Å². The van der Waals surface area contributed by atoms with E-state index in [2.05, 4.69) is 10.6 Å². The Morgan fingerprint density at radius 1 is 1.00 bits per heavy atom. The molecule has 0 radical (unpaired) electrons. The molecule has 0 bridgehead atoms. The Labute approximate surface area is 137 Å². The van der Waals surface area contributed by atoms with E-state index in [-0.39, 0.29) is 18.7 Å². The zero-order valence-electron chi connectivity index (χ0n) is 12.6. The largest absolute Gasteiger partial charge is 0.388 e. The second kappa shape index (κ2) is 8.16. The van der Waals surface area contributed by atoms with Gasteiger partial charge >= 0.3 is 11.8 Å². The molecule has 0 aliphatic heterocycles. The van der Waals surface area contributed by atoms with Crippen LogP contribution in [0.25, 0.3) is 0 Å². The Balaban J connectivity index is 1.80. The maximum absolute atomic E-state index is 13.0. The SMILES string of the molecule is O=C(NCCC(O)c1ccccc1)C(=O)Nc1cc(F)cc(F)c1. The summed E-state index contributed by atoms with van der Waals surface area (Å²) in [5.41, 5.74) is 0.545. The first-order chi connectivity index (χ1) is 11.5. The maximum Gasteiger partial charge on any atom is 0.313 e. The molecule has 0 saturated carbocycles. The number of carbonyl (C=O) groups excluding carboxylic acids is 2. The topological polar surface area (TPSA) is 78.4 Å². The van der Waals surface area contributed by atoms with Crippen LogP contribution in [0, 0.1) is 11.6 Å². The van der Waals surface area contributed by atoms with E-state index in [1.54, 1.807) is 24.3 Å². The zero-order chi connectivity index (χ0) is 17.5. The number of aliphatic hydroxyl groups excluding tert-OH is 1. The molecule has 7 heteroatoms. The van der Waals surface area contributed by atoms with Crippen LogP contribution in [0.5, 0.6) is 0 Å². The molecule has 0 aromatic heterocycles. The summed E-state index contributed by atoms with van der Waals surface area (Å²) < 4.78 is 26.0. The molecule has 1 atom stereocenters. The molecular weight excluding hydrogens is 318 g/mol. The van der Waals surface area contributed by atoms with Crippen LogP contribution in [0.2, 0.25) is 0 Å². The first kappa shape index (κ1) is 17.6. The van der Waals surface area contributed by atoms with Crippen LogP contribution >= 0.6 is 0 Å². The predicted molar refractivity (Wildman–Crippen MR) is 84.0 cm³/mol. The number of rotatable bonds is 5. The Kier molecular flexibility index (Phi) is 5.97. The van der Waals surface area contributed by atoms with E-state index in [0.717, 1.165) is 12.1 Å². The monoisotopic (exact) mass is 334 g/mol. The van der Waals surface area contributed by atoms with Crippen molar-refractivity contribution in [1.29, 1.82) is 0 Å². The van der Waals surface area contributed by atoms with Gasteiger partial charge in [0.1, 0.15) is 11.6 Å². The number of nitrogens with one attached hydrogen (secondary N) is 2. The van der Waals surface area contributed by atoms with Gasteiger partial charge in [-0.25, -0.2) is 8.78 Å². The Morgan fingerprint density at radius 2 is 1.62 bits per heavy atom. The van der Waals surface area contributed by atoms with Crippen LogP contribution in [-0.4, -0.2) is 23.5 Å². The lowest BCUT2D eigenvalue weighted by molar-refractivity contribution is -0.136. The van der Waals surface area contributed by atoms with E-state index in [1.807, 2.05) is 6.07 Å². The number of carbonyl (C=O) groups is 2. The summed E-state index contributed by atoms with van der Waals surface area (Å²) in [4.78, 5) is 23.3. The third-order valence-corrected chi connectivity index (χ3v) is 3.21. The number of anilines is 1. The molecule has 0 aliphatic rings. The van der Waals surface area contributed by atoms with E-state index < -0.39 is 29.6 Å². The number of hydrogen-bond acceptors (Lipinski definition) is 3. The Hall–Kier alpha value is -2.80. The standard InChI is InChI=1S/C17H16F2N2O3/c18-12-8-13(19)10-14(9-12)21-17(24)16(23)20-7-6-15(22)11-4-2-1-3-5-11/h1-5,8-10,15,22H,6-7H2,(H,20,23)(H,21,24). The molecule has 2 aromatic rings. The average Bonchev–Trinajstić information content (AvgIpc) is 2.54. The van der Waals surface area contributed by atoms with Gasteiger partial charge in [0.05, 0.1) is 6.10 Å². The fourth-order valence-corrected chi connectivity index (χ4v) is 2.06. The van der Waals surface area contributed by atoms with Gasteiger partial charge in [-0.05, 0) is 24.1 Å². The fraction of sp³-hybridized carbons (Fsp3) is 0.176. The Bertz CT molecular complexity index is 703. The highest BCUT2D eigenvalue weighted by Gasteiger charge is 2.15. The molecule has 3 N–H and O–H groups in total. The molecule has 2 amide bonds. The third kappa shape index (κ3) is 5.13. The van der Waals surface area contributed by atoms with Crippen molar-refractivity contribution in [1.82, 2.24) is 5.32 Å². The number of hydrogen-bond donors (Lipinski definition) is 3. The van der Waals surface area contributed by atoms with Crippen LogP contribution in [0.4, 0.5) is 14.5 Å². The quantitative estimate of drug-likeness (QED) is 0.733. The van der Waals surface area contributed by atoms with Crippen LogP contribution in [0.3, 0.4) is 0 Å². The van der Waals surface area contributed by atoms with Crippen molar-refractivity contribution in [3.63, 3.8) is 0 Å². The van der Waals surface area contributed by atoms with E-state index in [9.17, 15) is 23.5 Å². The van der Waals surface area contributed by atoms with Gasteiger partial charge in [0.25, 0.3) is 0 Å². The summed E-state index contributed by atoms with van der Waals surface area (Å²) in [5, 5.41) is 14.4. The van der Waals surface area contributed by atoms with Gasteiger partial charge in [-0.15, -0.1) is 0 Å². The smallest absolute Gasteiger partial charge is 0.313 e. The van der Waals surface area contributed by atoms with Gasteiger partial charge in [-0.1, -0.05) is 30.3 Å². The molecular formula is C17H16F2N2O3. The highest BCUT2D eigenvalue weighted by molar-refractivity contribution is 6.39. The zero-order valence-corrected chi connectivity index (χ0v) is 12.6. The van der Waals surface area contributed by atoms with E-state index in [1.165, 1.54) is 0 Å². The van der Waals surface area contributed by atoms with Gasteiger partial charge in [0.15, 0.2) is 0 Å². The van der Waals surface area contributed by atoms with Crippen LogP contribution in [0.15, 0.2) is 48.5 Å². The lowest BCUT2D eigenvalue weighted by Crippen LogP contribution is -2.36. The minimum absolute atomic E-state index is 0.0693. The molecule has 0 fully saturated rings. The number of amides is 2. The van der Waals surface area contributed by atoms with Gasteiger partial charge < -0.3 is 15.7 Å². The molecule has 1 unspecified atom stereocenters. The van der Waals surface area contributed by atoms with Crippen LogP contribution in [-0.2, 0) is 9.59 Å². The predicted octanol–water partition coefficient (Wildman–Crippen LogP) is 2.14. The van der Waals surface area contributed by atoms with E-state index in [0.29, 0.717) is 11.6 Å². The lowest BCUT2D eigenvalue weighted by atomic mass is 10.1. The van der Waals surface area contributed by atoms with Crippen molar-refractivity contribution in [2.75, 3.05) is 11.9 Å². The number of benzene rings is 2. The van der Waals surface area contributed by atoms with Crippen LogP contribution < -0.4 is 10.6 Å². The van der Waals surface area contributed by atoms with Crippen molar-refractivity contribution >= 4 is 17.5 Å². The van der Waals surface area contributed by atoms with Crippen molar-refractivity contribution in [2.45, 2.75) is 12.5 Å². The molecule has 126 valence electrons.